The number of allylic oxidation sites excluding steroid dienone is 2. The fourth-order valence-electron chi connectivity index (χ4n) is 2.43. The molecule has 0 aromatic heterocycles. The summed E-state index contributed by atoms with van der Waals surface area (Å²) in [5, 5.41) is 0. The summed E-state index contributed by atoms with van der Waals surface area (Å²) >= 11 is -0.160. The molecule has 1 atom stereocenters. The van der Waals surface area contributed by atoms with Crippen LogP contribution >= 0.6 is 9.19 Å². The first-order valence-electron chi connectivity index (χ1n) is 8.89. The first-order valence-corrected chi connectivity index (χ1v) is 12.8. The zero-order valence-electron chi connectivity index (χ0n) is 13.9. The Labute approximate surface area is 146 Å². The Bertz CT molecular complexity index is 221. The van der Waals surface area contributed by atoms with Gasteiger partial charge in [-0.2, -0.15) is 0 Å². The van der Waals surface area contributed by atoms with Gasteiger partial charge in [-0.15, -0.1) is 0 Å². The number of nitrogens with two attached hydrogens (primary N) is 1. The second kappa shape index (κ2) is 18.8. The molecule has 0 rings (SSSR count). The molecule has 0 saturated carbocycles. The maximum absolute atomic E-state index is 5.83. The van der Waals surface area contributed by atoms with Crippen molar-refractivity contribution < 1.29 is 18.7 Å². The first kappa shape index (κ1) is 21.7. The van der Waals surface area contributed by atoms with Crippen LogP contribution in [0.4, 0.5) is 0 Å². The molecule has 0 bridgehead atoms. The summed E-state index contributed by atoms with van der Waals surface area (Å²) in [6, 6.07) is 0. The Morgan fingerprint density at radius 2 is 1.29 bits per heavy atom. The molecule has 0 spiro atoms. The van der Waals surface area contributed by atoms with E-state index in [1.165, 1.54) is 83.5 Å². The molecule has 1 nitrogen and oxygen atoms in total. The third-order valence-electron chi connectivity index (χ3n) is 3.80. The Hall–Kier alpha value is 0.730. The zero-order chi connectivity index (χ0) is 15.6. The van der Waals surface area contributed by atoms with Crippen molar-refractivity contribution in [3.8, 4) is 0 Å². The zero-order valence-corrected chi connectivity index (χ0v) is 16.8. The summed E-state index contributed by atoms with van der Waals surface area (Å²) in [5.41, 5.74) is 5.83. The van der Waals surface area contributed by atoms with E-state index < -0.39 is 0 Å². The topological polar surface area (TPSA) is 26.0 Å². The average Bonchev–Trinajstić information content (AvgIpc) is 2.50. The van der Waals surface area contributed by atoms with Crippen LogP contribution in [0.3, 0.4) is 0 Å². The van der Waals surface area contributed by atoms with Crippen molar-refractivity contribution in [1.82, 2.24) is 0 Å². The van der Waals surface area contributed by atoms with E-state index in [1.807, 2.05) is 0 Å². The third-order valence-corrected chi connectivity index (χ3v) is 6.42. The predicted octanol–water partition coefficient (Wildman–Crippen LogP) is 6.55. The van der Waals surface area contributed by atoms with Crippen LogP contribution in [0, 0.1) is 0 Å². The average molecular weight is 499 g/mol. The Balaban J connectivity index is 3.08. The van der Waals surface area contributed by atoms with Gasteiger partial charge in [-0.05, 0) is 0 Å². The van der Waals surface area contributed by atoms with Crippen molar-refractivity contribution in [2.45, 2.75) is 101 Å². The number of halogens is 1. The number of hydrogen-bond acceptors (Lipinski definition) is 1. The molecule has 0 amide bonds. The van der Waals surface area contributed by atoms with Crippen LogP contribution in [-0.4, -0.2) is 4.26 Å². The second-order valence-corrected chi connectivity index (χ2v) is 9.05. The molecule has 0 aromatic carbocycles. The van der Waals surface area contributed by atoms with Crippen LogP contribution in [-0.2, 0) is 18.7 Å². The summed E-state index contributed by atoms with van der Waals surface area (Å²) in [6.07, 6.45) is 23.5. The monoisotopic (exact) mass is 498 g/mol. The standard InChI is InChI=1S/C18H36N.Au.ClH/c1-2-3-4-5-6-7-8-9-10-11-12-13-14-15-16-17-18-19;;/h9-10,18H,2-8,11-17,19H2,1H3;;1H/q;+1;/p-1/b10-9-;;. The molecule has 0 saturated heterocycles. The van der Waals surface area contributed by atoms with Gasteiger partial charge in [0.05, 0.1) is 0 Å². The Morgan fingerprint density at radius 1 is 0.810 bits per heavy atom. The molecule has 0 fully saturated rings. The van der Waals surface area contributed by atoms with E-state index in [0.717, 1.165) is 6.42 Å². The minimum atomic E-state index is -0.160. The summed E-state index contributed by atoms with van der Waals surface area (Å²) in [5.74, 6) is 0. The van der Waals surface area contributed by atoms with Gasteiger partial charge in [0.25, 0.3) is 0 Å². The van der Waals surface area contributed by atoms with Gasteiger partial charge >= 0.3 is 108 Å². The minimum absolute atomic E-state index is 0.160. The van der Waals surface area contributed by atoms with Crippen molar-refractivity contribution in [1.29, 1.82) is 0 Å². The van der Waals surface area contributed by atoms with E-state index in [1.54, 1.807) is 0 Å². The Kier molecular flexibility index (Phi) is 19.4. The molecule has 21 heavy (non-hydrogen) atoms. The number of rotatable bonds is 16. The normalized spacial score (nSPS) is 13.3. The van der Waals surface area contributed by atoms with Gasteiger partial charge in [-0.3, -0.25) is 0 Å². The van der Waals surface area contributed by atoms with Gasteiger partial charge in [0.2, 0.25) is 0 Å². The molecule has 0 radical (unpaired) electrons. The van der Waals surface area contributed by atoms with Crippen molar-refractivity contribution in [3.05, 3.63) is 12.2 Å². The van der Waals surface area contributed by atoms with Gasteiger partial charge in [0, 0.05) is 0 Å². The van der Waals surface area contributed by atoms with Gasteiger partial charge in [0.1, 0.15) is 0 Å². The summed E-state index contributed by atoms with van der Waals surface area (Å²) < 4.78 is 0.302. The quantitative estimate of drug-likeness (QED) is 0.146. The van der Waals surface area contributed by atoms with Crippen molar-refractivity contribution in [3.63, 3.8) is 0 Å². The maximum atomic E-state index is 5.83. The molecule has 131 valence electrons. The van der Waals surface area contributed by atoms with Crippen LogP contribution in [0.5, 0.6) is 0 Å². The van der Waals surface area contributed by atoms with E-state index >= 15 is 0 Å². The van der Waals surface area contributed by atoms with Crippen molar-refractivity contribution in [2.75, 3.05) is 0 Å². The number of unbranched alkanes of at least 4 members (excludes halogenated alkanes) is 11. The van der Waals surface area contributed by atoms with Gasteiger partial charge in [-0.25, -0.2) is 0 Å². The second-order valence-electron chi connectivity index (χ2n) is 5.90. The van der Waals surface area contributed by atoms with Crippen LogP contribution in [0.15, 0.2) is 12.2 Å². The molecular weight excluding hydrogens is 463 g/mol. The predicted molar refractivity (Wildman–Crippen MR) is 93.3 cm³/mol. The van der Waals surface area contributed by atoms with Gasteiger partial charge < -0.3 is 0 Å². The van der Waals surface area contributed by atoms with Crippen LogP contribution in [0.25, 0.3) is 0 Å². The van der Waals surface area contributed by atoms with E-state index in [0.29, 0.717) is 4.26 Å². The third kappa shape index (κ3) is 18.7. The SMILES string of the molecule is CCCCCCCC/C=C\CCCCCCC[CH](N)[Au][Cl]. The van der Waals surface area contributed by atoms with E-state index in [4.69, 9.17) is 14.9 Å². The van der Waals surface area contributed by atoms with E-state index in [2.05, 4.69) is 19.1 Å². The fraction of sp³-hybridized carbons (Fsp3) is 0.889. The molecular formula is C18H36AuClN. The summed E-state index contributed by atoms with van der Waals surface area (Å²) in [6.45, 7) is 2.28. The van der Waals surface area contributed by atoms with Gasteiger partial charge in [0.15, 0.2) is 0 Å². The summed E-state index contributed by atoms with van der Waals surface area (Å²) in [4.78, 5) is 0. The molecule has 3 heteroatoms. The van der Waals surface area contributed by atoms with Crippen molar-refractivity contribution in [2.24, 2.45) is 5.73 Å². The molecule has 2 N–H and O–H groups in total. The molecule has 0 aromatic rings. The molecule has 1 unspecified atom stereocenters. The Morgan fingerprint density at radius 3 is 1.81 bits per heavy atom. The van der Waals surface area contributed by atoms with E-state index in [9.17, 15) is 0 Å². The number of hydrogen-bond donors (Lipinski definition) is 1. The van der Waals surface area contributed by atoms with E-state index in [-0.39, 0.29) is 18.7 Å². The van der Waals surface area contributed by atoms with Crippen LogP contribution < -0.4 is 5.73 Å². The van der Waals surface area contributed by atoms with Crippen molar-refractivity contribution >= 4 is 9.19 Å². The summed E-state index contributed by atoms with van der Waals surface area (Å²) in [7, 11) is 5.78. The molecule has 0 aliphatic carbocycles. The van der Waals surface area contributed by atoms with Crippen LogP contribution in [0.2, 0.25) is 0 Å². The fourth-order valence-corrected chi connectivity index (χ4v) is 3.64. The molecule has 0 aliphatic heterocycles. The molecule has 0 aliphatic rings. The van der Waals surface area contributed by atoms with Gasteiger partial charge in [-0.1, -0.05) is 39.0 Å². The first-order chi connectivity index (χ1) is 10.3. The molecule has 0 heterocycles. The van der Waals surface area contributed by atoms with Crippen LogP contribution in [0.1, 0.15) is 96.8 Å².